The van der Waals surface area contributed by atoms with Crippen LogP contribution in [0.3, 0.4) is 0 Å². The van der Waals surface area contributed by atoms with Gasteiger partial charge in [0, 0.05) is 16.7 Å². The number of esters is 2. The van der Waals surface area contributed by atoms with E-state index < -0.39 is 17.8 Å². The van der Waals surface area contributed by atoms with Gasteiger partial charge in [-0.3, -0.25) is 0 Å². The predicted octanol–water partition coefficient (Wildman–Crippen LogP) is 2.95. The van der Waals surface area contributed by atoms with Gasteiger partial charge in [-0.1, -0.05) is 6.08 Å². The van der Waals surface area contributed by atoms with Crippen LogP contribution in [0, 0.1) is 17.1 Å². The van der Waals surface area contributed by atoms with E-state index >= 15 is 0 Å². The first kappa shape index (κ1) is 18.4. The quantitative estimate of drug-likeness (QED) is 0.717. The Bertz CT molecular complexity index is 868. The molecule has 0 radical (unpaired) electrons. The number of halogens is 2. The Balaban J connectivity index is 2.74. The molecule has 0 fully saturated rings. The van der Waals surface area contributed by atoms with Gasteiger partial charge in [-0.05, 0) is 34.1 Å². The molecule has 1 heterocycles. The van der Waals surface area contributed by atoms with Crippen molar-refractivity contribution in [3.8, 4) is 6.07 Å². The van der Waals surface area contributed by atoms with Gasteiger partial charge >= 0.3 is 11.9 Å². The van der Waals surface area contributed by atoms with Gasteiger partial charge < -0.3 is 14.4 Å². The van der Waals surface area contributed by atoms with Gasteiger partial charge in [0.05, 0.1) is 31.0 Å². The van der Waals surface area contributed by atoms with Crippen LogP contribution < -0.4 is 4.90 Å². The number of carbonyl (C=O) groups excluding carboxylic acids is 2. The molecule has 0 unspecified atom stereocenters. The molecule has 0 aromatic heterocycles. The van der Waals surface area contributed by atoms with E-state index in [9.17, 15) is 14.0 Å². The van der Waals surface area contributed by atoms with Gasteiger partial charge in [0.2, 0.25) is 0 Å². The molecule has 0 N–H and O–H groups in total. The third kappa shape index (κ3) is 3.61. The zero-order chi connectivity index (χ0) is 18.6. The summed E-state index contributed by atoms with van der Waals surface area (Å²) in [6.07, 6.45) is 5.94. The fourth-order valence-corrected chi connectivity index (χ4v) is 2.69. The second-order valence-corrected chi connectivity index (χ2v) is 5.57. The molecule has 128 valence electrons. The molecule has 0 spiro atoms. The maximum absolute atomic E-state index is 14.1. The molecule has 8 heteroatoms. The molecule has 1 aromatic carbocycles. The molecule has 0 atom stereocenters. The highest BCUT2D eigenvalue weighted by atomic mass is 79.9. The number of nitriles is 1. The van der Waals surface area contributed by atoms with Gasteiger partial charge in [-0.15, -0.1) is 0 Å². The molecular weight excluding hydrogens is 395 g/mol. The van der Waals surface area contributed by atoms with Crippen LogP contribution in [0.15, 0.2) is 52.3 Å². The average molecular weight is 407 g/mol. The monoisotopic (exact) mass is 406 g/mol. The third-order valence-electron chi connectivity index (χ3n) is 3.31. The lowest BCUT2D eigenvalue weighted by Crippen LogP contribution is -2.27. The lowest BCUT2D eigenvalue weighted by molar-refractivity contribution is -0.139. The summed E-state index contributed by atoms with van der Waals surface area (Å²) in [5.41, 5.74) is -0.164. The SMILES string of the molecule is COC(=O)C1=C(C(=O)OC)N(c2cc(F)c(C#N)cc2Br)C=CC=C1. The molecule has 2 rings (SSSR count). The van der Waals surface area contributed by atoms with Crippen LogP contribution >= 0.6 is 15.9 Å². The predicted molar refractivity (Wildman–Crippen MR) is 90.6 cm³/mol. The number of anilines is 1. The Labute approximate surface area is 151 Å². The lowest BCUT2D eigenvalue weighted by atomic mass is 10.1. The largest absolute Gasteiger partial charge is 0.465 e. The van der Waals surface area contributed by atoms with E-state index in [4.69, 9.17) is 14.7 Å². The van der Waals surface area contributed by atoms with Crippen molar-refractivity contribution >= 4 is 33.6 Å². The molecule has 0 saturated carbocycles. The first-order valence-electron chi connectivity index (χ1n) is 6.88. The molecule has 1 aliphatic rings. The number of benzene rings is 1. The van der Waals surface area contributed by atoms with Crippen molar-refractivity contribution in [2.24, 2.45) is 0 Å². The Morgan fingerprint density at radius 3 is 2.48 bits per heavy atom. The molecular formula is C17H12BrFN2O4. The number of hydrogen-bond acceptors (Lipinski definition) is 6. The Kier molecular flexibility index (Phi) is 5.72. The highest BCUT2D eigenvalue weighted by Crippen LogP contribution is 2.34. The Morgan fingerprint density at radius 2 is 1.88 bits per heavy atom. The van der Waals surface area contributed by atoms with Gasteiger partial charge in [-0.2, -0.15) is 5.26 Å². The van der Waals surface area contributed by atoms with E-state index in [0.29, 0.717) is 4.47 Å². The molecule has 0 bridgehead atoms. The van der Waals surface area contributed by atoms with Crippen molar-refractivity contribution < 1.29 is 23.5 Å². The fourth-order valence-electron chi connectivity index (χ4n) is 2.16. The van der Waals surface area contributed by atoms with Crippen molar-refractivity contribution in [2.45, 2.75) is 0 Å². The minimum absolute atomic E-state index is 0.0592. The van der Waals surface area contributed by atoms with Crippen LogP contribution in [-0.4, -0.2) is 26.2 Å². The summed E-state index contributed by atoms with van der Waals surface area (Å²) < 4.78 is 23.9. The number of rotatable bonds is 3. The minimum Gasteiger partial charge on any atom is -0.465 e. The Morgan fingerprint density at radius 1 is 1.20 bits per heavy atom. The molecule has 1 aliphatic heterocycles. The number of nitrogens with zero attached hydrogens (tertiary/aromatic N) is 2. The van der Waals surface area contributed by atoms with Gasteiger partial charge in [0.15, 0.2) is 0 Å². The second-order valence-electron chi connectivity index (χ2n) is 4.71. The van der Waals surface area contributed by atoms with Crippen LogP contribution in [0.25, 0.3) is 0 Å². The van der Waals surface area contributed by atoms with Crippen LogP contribution in [-0.2, 0) is 19.1 Å². The number of hydrogen-bond donors (Lipinski definition) is 0. The minimum atomic E-state index is -0.812. The smallest absolute Gasteiger partial charge is 0.355 e. The number of ether oxygens (including phenoxy) is 2. The normalized spacial score (nSPS) is 13.3. The summed E-state index contributed by atoms with van der Waals surface area (Å²) in [6.45, 7) is 0. The van der Waals surface area contributed by atoms with Crippen LogP contribution in [0.2, 0.25) is 0 Å². The molecule has 25 heavy (non-hydrogen) atoms. The van der Waals surface area contributed by atoms with Crippen LogP contribution in [0.5, 0.6) is 0 Å². The Hall–Kier alpha value is -2.92. The summed E-state index contributed by atoms with van der Waals surface area (Å²) in [7, 11) is 2.34. The van der Waals surface area contributed by atoms with E-state index in [1.165, 1.54) is 36.4 Å². The maximum atomic E-state index is 14.1. The van der Waals surface area contributed by atoms with Crippen LogP contribution in [0.1, 0.15) is 5.56 Å². The topological polar surface area (TPSA) is 79.6 Å². The first-order valence-corrected chi connectivity index (χ1v) is 7.68. The van der Waals surface area contributed by atoms with Crippen molar-refractivity contribution in [2.75, 3.05) is 19.1 Å². The van der Waals surface area contributed by atoms with E-state index in [0.717, 1.165) is 13.2 Å². The second kappa shape index (κ2) is 7.77. The summed E-state index contributed by atoms with van der Waals surface area (Å²) >= 11 is 3.25. The highest BCUT2D eigenvalue weighted by Gasteiger charge is 2.29. The van der Waals surface area contributed by atoms with Crippen molar-refractivity contribution in [1.29, 1.82) is 5.26 Å². The van der Waals surface area contributed by atoms with E-state index in [-0.39, 0.29) is 22.5 Å². The molecule has 6 nitrogen and oxygen atoms in total. The van der Waals surface area contributed by atoms with Gasteiger partial charge in [0.1, 0.15) is 17.6 Å². The number of allylic oxidation sites excluding steroid dienone is 2. The average Bonchev–Trinajstić information content (AvgIpc) is 2.84. The van der Waals surface area contributed by atoms with Crippen molar-refractivity contribution in [3.63, 3.8) is 0 Å². The van der Waals surface area contributed by atoms with E-state index in [2.05, 4.69) is 15.9 Å². The van der Waals surface area contributed by atoms with Crippen molar-refractivity contribution in [1.82, 2.24) is 0 Å². The van der Waals surface area contributed by atoms with Gasteiger partial charge in [0.25, 0.3) is 0 Å². The van der Waals surface area contributed by atoms with E-state index in [1.807, 2.05) is 0 Å². The number of methoxy groups -OCH3 is 2. The fraction of sp³-hybridized carbons (Fsp3) is 0.118. The van der Waals surface area contributed by atoms with E-state index in [1.54, 1.807) is 12.1 Å². The highest BCUT2D eigenvalue weighted by molar-refractivity contribution is 9.10. The standard InChI is InChI=1S/C17H12BrFN2O4/c1-24-16(22)11-5-3-4-6-21(15(11)17(23)25-2)14-8-13(19)10(9-20)7-12(14)18/h3-8H,1-2H3. The summed E-state index contributed by atoms with van der Waals surface area (Å²) in [5, 5.41) is 8.92. The number of carbonyl (C=O) groups is 2. The summed E-state index contributed by atoms with van der Waals surface area (Å²) in [4.78, 5) is 25.6. The van der Waals surface area contributed by atoms with Crippen molar-refractivity contribution in [3.05, 3.63) is 63.7 Å². The third-order valence-corrected chi connectivity index (χ3v) is 3.94. The molecule has 0 aliphatic carbocycles. The van der Waals surface area contributed by atoms with Gasteiger partial charge in [-0.25, -0.2) is 14.0 Å². The summed E-state index contributed by atoms with van der Waals surface area (Å²) in [6, 6.07) is 4.09. The first-order chi connectivity index (χ1) is 11.9. The summed E-state index contributed by atoms with van der Waals surface area (Å²) in [5.74, 6) is -2.33. The zero-order valence-corrected chi connectivity index (χ0v) is 14.8. The molecule has 0 saturated heterocycles. The molecule has 0 amide bonds. The van der Waals surface area contributed by atoms with Crippen LogP contribution in [0.4, 0.5) is 10.1 Å². The maximum Gasteiger partial charge on any atom is 0.355 e. The molecule has 1 aromatic rings. The lowest BCUT2D eigenvalue weighted by Gasteiger charge is -2.24. The zero-order valence-electron chi connectivity index (χ0n) is 13.2.